The van der Waals surface area contributed by atoms with Gasteiger partial charge >= 0.3 is 15.6 Å². The van der Waals surface area contributed by atoms with E-state index in [1.807, 2.05) is 0 Å². The zero-order valence-electron chi connectivity index (χ0n) is 42.3. The molecule has 6 heterocycles. The molecule has 23 N–H and O–H groups in total. The summed E-state index contributed by atoms with van der Waals surface area (Å²) in [6.45, 7) is -4.10. The number of hydrogen-bond donors (Lipinski definition) is 23. The fourth-order valence-corrected chi connectivity index (χ4v) is 9.14. The lowest BCUT2D eigenvalue weighted by molar-refractivity contribution is -0.376. The Morgan fingerprint density at radius 2 is 0.500 bits per heavy atom. The van der Waals surface area contributed by atoms with Gasteiger partial charge in [0.1, 0.15) is 146 Å². The van der Waals surface area contributed by atoms with Crippen LogP contribution in [0.3, 0.4) is 0 Å². The molecule has 16 unspecified atom stereocenters. The highest BCUT2D eigenvalue weighted by Crippen LogP contribution is 2.48. The molecule has 0 aromatic carbocycles. The van der Waals surface area contributed by atoms with Crippen LogP contribution in [0, 0.1) is 0 Å². The Bertz CT molecular complexity index is 1860. The summed E-state index contributed by atoms with van der Waals surface area (Å²) in [4.78, 5) is 9.23. The first-order valence-electron chi connectivity index (χ1n) is 23.9. The van der Waals surface area contributed by atoms with Crippen molar-refractivity contribution >= 4 is 15.6 Å². The number of phosphoric acid groups is 2. The van der Waals surface area contributed by atoms with Gasteiger partial charge in [-0.25, -0.2) is 9.13 Å². The molecule has 6 aliphatic rings. The van der Waals surface area contributed by atoms with E-state index in [9.17, 15) is 111 Å². The fraction of sp³-hybridized carbons (Fsp3) is 1.00. The van der Waals surface area contributed by atoms with E-state index in [0.717, 1.165) is 21.3 Å². The summed E-state index contributed by atoms with van der Waals surface area (Å²) >= 11 is 0. The van der Waals surface area contributed by atoms with Gasteiger partial charge < -0.3 is 160 Å². The zero-order chi connectivity index (χ0) is 60.5. The molecule has 6 fully saturated rings. The summed E-state index contributed by atoms with van der Waals surface area (Å²) in [5.41, 5.74) is 0. The van der Waals surface area contributed by atoms with Gasteiger partial charge in [0, 0.05) is 21.3 Å². The number of phosphoric ester groups is 2. The second-order valence-corrected chi connectivity index (χ2v) is 21.7. The largest absolute Gasteiger partial charge is 0.474 e. The minimum atomic E-state index is -4.42. The van der Waals surface area contributed by atoms with Gasteiger partial charge in [-0.2, -0.15) is 0 Å². The minimum Gasteiger partial charge on any atom is -0.394 e. The Hall–Kier alpha value is -1.02. The molecule has 6 saturated heterocycles. The van der Waals surface area contributed by atoms with E-state index in [1.165, 1.54) is 0 Å². The van der Waals surface area contributed by atoms with Crippen LogP contribution in [0.4, 0.5) is 0 Å². The van der Waals surface area contributed by atoms with Crippen LogP contribution in [-0.4, -0.2) is 362 Å². The number of aliphatic hydroxyl groups excluding tert-OH is 22. The predicted octanol–water partition coefficient (Wildman–Crippen LogP) is -14.0. The summed E-state index contributed by atoms with van der Waals surface area (Å²) in [6, 6.07) is 0. The van der Waals surface area contributed by atoms with Crippen LogP contribution in [0.1, 0.15) is 0 Å². The van der Waals surface area contributed by atoms with Crippen molar-refractivity contribution in [3.8, 4) is 0 Å². The quantitative estimate of drug-likeness (QED) is 0.0534. The number of aliphatic hydroxyl groups is 22. The Morgan fingerprint density at radius 3 is 0.700 bits per heavy atom. The number of hydrogen-bond acceptors (Lipinski definition) is 38. The van der Waals surface area contributed by atoms with Crippen molar-refractivity contribution in [3.63, 3.8) is 0 Å². The van der Waals surface area contributed by atoms with Crippen molar-refractivity contribution in [2.75, 3.05) is 61.0 Å². The third-order valence-electron chi connectivity index (χ3n) is 13.0. The SMILES string of the molecule is COP(=O)(O)OCC1O[C@H](O[C@H]2OC(CO)[C@@H](O)[C@H](O)C2O)C(O)C(O)[C@@H]1O.COP(=O)(OC)OCC1O[C@H](O[C@H]2OC(CO)[C@@H](O)[C@H](O)C2O)C(O)C(O)[C@@H]1O.OCC1O[C@H](O[C@H]2OC(CO)[C@@H](O)[C@H](O)C2O)C(O)C(O)[C@@H]1O. The van der Waals surface area contributed by atoms with Gasteiger partial charge in [-0.1, -0.05) is 0 Å². The van der Waals surface area contributed by atoms with E-state index in [2.05, 4.69) is 18.1 Å². The first-order chi connectivity index (χ1) is 37.4. The molecule has 6 aliphatic heterocycles. The monoisotopic (exact) mass is 1230 g/mol. The average Bonchev–Trinajstić information content (AvgIpc) is 3.45. The molecular weight excluding hydrogens is 1150 g/mol. The number of ether oxygens (including phenoxy) is 9. The summed E-state index contributed by atoms with van der Waals surface area (Å²) in [5, 5.41) is 214. The molecule has 31 atom stereocenters. The molecule has 0 aliphatic carbocycles. The molecule has 0 aromatic heterocycles. The molecule has 0 bridgehead atoms. The third kappa shape index (κ3) is 17.4. The second-order valence-electron chi connectivity index (χ2n) is 18.3. The molecule has 0 radical (unpaired) electrons. The Labute approximate surface area is 452 Å². The maximum atomic E-state index is 11.9. The normalized spacial score (nSPS) is 47.2. The van der Waals surface area contributed by atoms with Crippen LogP contribution in [0.5, 0.6) is 0 Å². The Balaban J connectivity index is 0.000000260. The highest BCUT2D eigenvalue weighted by atomic mass is 31.2. The highest BCUT2D eigenvalue weighted by Gasteiger charge is 2.53. The molecule has 80 heavy (non-hydrogen) atoms. The van der Waals surface area contributed by atoms with Crippen molar-refractivity contribution in [2.45, 2.75) is 184 Å². The molecule has 0 amide bonds. The number of rotatable bonds is 19. The molecule has 41 heteroatoms. The Kier molecular flexibility index (Phi) is 28.2. The van der Waals surface area contributed by atoms with Crippen molar-refractivity contribution in [2.24, 2.45) is 0 Å². The van der Waals surface area contributed by atoms with Crippen LogP contribution in [0.2, 0.25) is 0 Å². The van der Waals surface area contributed by atoms with Gasteiger partial charge in [0.25, 0.3) is 0 Å². The minimum absolute atomic E-state index is 0.599. The van der Waals surface area contributed by atoms with Gasteiger partial charge in [-0.3, -0.25) is 22.6 Å². The summed E-state index contributed by atoms with van der Waals surface area (Å²) in [6.07, 6.45) is -48.9. The topological polar surface area (TPSA) is 629 Å². The molecular formula is C39H74O39P2. The molecule has 6 rings (SSSR count). The lowest BCUT2D eigenvalue weighted by Gasteiger charge is -2.44. The van der Waals surface area contributed by atoms with Crippen molar-refractivity contribution in [1.82, 2.24) is 0 Å². The van der Waals surface area contributed by atoms with Crippen LogP contribution in [0.15, 0.2) is 0 Å². The zero-order valence-corrected chi connectivity index (χ0v) is 44.1. The van der Waals surface area contributed by atoms with E-state index >= 15 is 0 Å². The lowest BCUT2D eigenvalue weighted by atomic mass is 9.98. The molecule has 0 aromatic rings. The smallest absolute Gasteiger partial charge is 0.394 e. The highest BCUT2D eigenvalue weighted by molar-refractivity contribution is 7.48. The van der Waals surface area contributed by atoms with Gasteiger partial charge in [0.05, 0.1) is 39.6 Å². The standard InChI is InChI=1S/C14H27O14P.C13H25O14P.C12H22O11/c1-23-29(22,24-2)25-4-6-8(17)10(19)12(21)14(27-6)28-13-11(20)9(18)7(16)5(3-15)26-13;1-23-28(21,22)24-3-5-7(16)9(18)11(20)13(26-5)27-12-10(19)8(17)6(15)4(2-14)25-12;13-1-3-5(15)7(17)9(19)11(21-3)23-12-10(20)8(18)6(16)4(2-14)22-12/h5-21H,3-4H2,1-2H3;4-20H,2-3H2,1H3,(H,21,22);3-20H,1-2H2/t5?,6?,7-,8-,9+,10?,11?,12?,13-,14-;4?,5?,6-,7-,8+,9?,10?,11?,12-,13-;3?,4?,5-,6-,7+,8?,9?,10?,11-,12-/m111/s1. The molecule has 474 valence electrons. The van der Waals surface area contributed by atoms with Crippen molar-refractivity contribution in [1.29, 1.82) is 0 Å². The van der Waals surface area contributed by atoms with Gasteiger partial charge in [-0.15, -0.1) is 0 Å². The fourth-order valence-electron chi connectivity index (χ4n) is 8.01. The van der Waals surface area contributed by atoms with Crippen molar-refractivity contribution < 1.29 is 192 Å². The second kappa shape index (κ2) is 31.6. The predicted molar refractivity (Wildman–Crippen MR) is 242 cm³/mol. The van der Waals surface area contributed by atoms with E-state index in [1.54, 1.807) is 0 Å². The van der Waals surface area contributed by atoms with E-state index < -0.39 is 240 Å². The summed E-state index contributed by atoms with van der Waals surface area (Å²) < 4.78 is 92.7. The average molecular weight is 1230 g/mol. The van der Waals surface area contributed by atoms with Crippen molar-refractivity contribution in [3.05, 3.63) is 0 Å². The van der Waals surface area contributed by atoms with Gasteiger partial charge in [0.2, 0.25) is 0 Å². The van der Waals surface area contributed by atoms with Gasteiger partial charge in [0.15, 0.2) is 37.7 Å². The molecule has 0 saturated carbocycles. The van der Waals surface area contributed by atoms with E-state index in [4.69, 9.17) is 62.5 Å². The first kappa shape index (κ1) is 71.5. The summed E-state index contributed by atoms with van der Waals surface area (Å²) in [5.74, 6) is 0. The first-order valence-corrected chi connectivity index (χ1v) is 26.8. The molecule has 39 nitrogen and oxygen atoms in total. The van der Waals surface area contributed by atoms with E-state index in [-0.39, 0.29) is 0 Å². The van der Waals surface area contributed by atoms with Crippen LogP contribution < -0.4 is 0 Å². The maximum Gasteiger partial charge on any atom is 0.474 e. The van der Waals surface area contributed by atoms with Crippen LogP contribution in [-0.2, 0) is 74.4 Å². The van der Waals surface area contributed by atoms with E-state index in [0.29, 0.717) is 0 Å². The van der Waals surface area contributed by atoms with Gasteiger partial charge in [-0.05, 0) is 0 Å². The lowest BCUT2D eigenvalue weighted by Crippen LogP contribution is -2.63. The third-order valence-corrected chi connectivity index (χ3v) is 15.3. The summed E-state index contributed by atoms with van der Waals surface area (Å²) in [7, 11) is -5.33. The molecule has 0 spiro atoms. The van der Waals surface area contributed by atoms with Crippen LogP contribution in [0.25, 0.3) is 0 Å². The van der Waals surface area contributed by atoms with Crippen LogP contribution >= 0.6 is 15.6 Å². The maximum absolute atomic E-state index is 11.9. The Morgan fingerprint density at radius 1 is 0.300 bits per heavy atom.